The van der Waals surface area contributed by atoms with Crippen LogP contribution in [-0.4, -0.2) is 58.7 Å². The van der Waals surface area contributed by atoms with Crippen LogP contribution < -0.4 is 0 Å². The van der Waals surface area contributed by atoms with Crippen LogP contribution in [0.2, 0.25) is 0 Å². The molecule has 3 saturated heterocycles. The number of hydrogen-bond acceptors (Lipinski definition) is 3. The SMILES string of the molecule is CCN1CN2CN3CCC34CC14C2. The molecule has 4 aliphatic rings. The van der Waals surface area contributed by atoms with E-state index in [2.05, 4.69) is 21.6 Å². The third-order valence-electron chi connectivity index (χ3n) is 4.94. The summed E-state index contributed by atoms with van der Waals surface area (Å²) >= 11 is 0. The lowest BCUT2D eigenvalue weighted by molar-refractivity contribution is -0.0221. The van der Waals surface area contributed by atoms with Gasteiger partial charge in [-0.2, -0.15) is 0 Å². The third-order valence-corrected chi connectivity index (χ3v) is 4.94. The molecule has 1 saturated carbocycles. The number of nitrogens with zero attached hydrogens (tertiary/aromatic N) is 3. The van der Waals surface area contributed by atoms with Gasteiger partial charge in [0.25, 0.3) is 0 Å². The Morgan fingerprint density at radius 2 is 2.15 bits per heavy atom. The van der Waals surface area contributed by atoms with Gasteiger partial charge in [-0.1, -0.05) is 6.92 Å². The molecule has 0 aromatic rings. The van der Waals surface area contributed by atoms with Crippen molar-refractivity contribution in [3.63, 3.8) is 0 Å². The first-order valence-corrected chi connectivity index (χ1v) is 5.53. The van der Waals surface area contributed by atoms with E-state index in [1.807, 2.05) is 0 Å². The lowest BCUT2D eigenvalue weighted by atomic mass is 9.93. The molecule has 13 heavy (non-hydrogen) atoms. The van der Waals surface area contributed by atoms with Gasteiger partial charge in [0.1, 0.15) is 0 Å². The fourth-order valence-electron chi connectivity index (χ4n) is 4.16. The Kier molecular flexibility index (Phi) is 1.00. The second kappa shape index (κ2) is 1.81. The monoisotopic (exact) mass is 179 g/mol. The van der Waals surface area contributed by atoms with Gasteiger partial charge < -0.3 is 0 Å². The molecule has 3 nitrogen and oxygen atoms in total. The van der Waals surface area contributed by atoms with E-state index in [0.717, 1.165) is 0 Å². The number of hydrogen-bond donors (Lipinski definition) is 0. The van der Waals surface area contributed by atoms with Gasteiger partial charge in [0.2, 0.25) is 0 Å². The maximum absolute atomic E-state index is 2.71. The summed E-state index contributed by atoms with van der Waals surface area (Å²) in [5, 5.41) is 0. The molecule has 72 valence electrons. The summed E-state index contributed by atoms with van der Waals surface area (Å²) in [7, 11) is 0. The molecular weight excluding hydrogens is 162 g/mol. The van der Waals surface area contributed by atoms with E-state index in [4.69, 9.17) is 0 Å². The molecule has 3 unspecified atom stereocenters. The Labute approximate surface area is 79.3 Å². The highest BCUT2D eigenvalue weighted by Gasteiger charge is 2.79. The minimum atomic E-state index is 0.609. The summed E-state index contributed by atoms with van der Waals surface area (Å²) in [5.74, 6) is 0. The Hall–Kier alpha value is -0.120. The van der Waals surface area contributed by atoms with E-state index in [-0.39, 0.29) is 0 Å². The van der Waals surface area contributed by atoms with E-state index in [1.165, 1.54) is 45.8 Å². The first kappa shape index (κ1) is 7.21. The van der Waals surface area contributed by atoms with Crippen molar-refractivity contribution < 1.29 is 0 Å². The maximum atomic E-state index is 2.71. The largest absolute Gasteiger partial charge is 0.283 e. The Morgan fingerprint density at radius 1 is 1.23 bits per heavy atom. The van der Waals surface area contributed by atoms with Crippen LogP contribution in [-0.2, 0) is 0 Å². The van der Waals surface area contributed by atoms with Crippen molar-refractivity contribution in [2.45, 2.75) is 30.8 Å². The van der Waals surface area contributed by atoms with Gasteiger partial charge in [-0.3, -0.25) is 14.7 Å². The third kappa shape index (κ3) is 0.551. The van der Waals surface area contributed by atoms with Gasteiger partial charge in [0, 0.05) is 18.6 Å². The molecule has 2 bridgehead atoms. The van der Waals surface area contributed by atoms with Crippen LogP contribution in [0.3, 0.4) is 0 Å². The molecule has 0 amide bonds. The van der Waals surface area contributed by atoms with E-state index in [0.29, 0.717) is 11.1 Å². The molecule has 3 atom stereocenters. The van der Waals surface area contributed by atoms with Crippen molar-refractivity contribution in [3.05, 3.63) is 0 Å². The Balaban J connectivity index is 1.78. The van der Waals surface area contributed by atoms with Gasteiger partial charge in [-0.25, -0.2) is 0 Å². The Morgan fingerprint density at radius 3 is 2.85 bits per heavy atom. The van der Waals surface area contributed by atoms with Crippen LogP contribution >= 0.6 is 0 Å². The van der Waals surface area contributed by atoms with Crippen LogP contribution in [0.4, 0.5) is 0 Å². The summed E-state index contributed by atoms with van der Waals surface area (Å²) in [6, 6.07) is 0. The number of likely N-dealkylation sites (N-methyl/N-ethyl adjacent to an activating group) is 1. The first-order valence-electron chi connectivity index (χ1n) is 5.53. The number of rotatable bonds is 1. The molecular formula is C10H17N3. The van der Waals surface area contributed by atoms with Gasteiger partial charge in [-0.05, 0) is 19.4 Å². The predicted octanol–water partition coefficient (Wildman–Crippen LogP) is 0.139. The molecule has 3 heteroatoms. The lowest BCUT2D eigenvalue weighted by Crippen LogP contribution is -2.63. The highest BCUT2D eigenvalue weighted by Crippen LogP contribution is 2.66. The number of fused-ring (bicyclic) bond motifs is 1. The predicted molar refractivity (Wildman–Crippen MR) is 50.2 cm³/mol. The molecule has 0 radical (unpaired) electrons. The average Bonchev–Trinajstić information content (AvgIpc) is 2.67. The molecule has 2 spiro atoms. The lowest BCUT2D eigenvalue weighted by Gasteiger charge is -2.49. The van der Waals surface area contributed by atoms with Crippen LogP contribution in [0.5, 0.6) is 0 Å². The zero-order chi connectivity index (χ0) is 8.68. The van der Waals surface area contributed by atoms with Gasteiger partial charge >= 0.3 is 0 Å². The molecule has 0 aromatic heterocycles. The molecule has 3 heterocycles. The van der Waals surface area contributed by atoms with Crippen molar-refractivity contribution in [1.82, 2.24) is 14.7 Å². The van der Waals surface area contributed by atoms with Crippen molar-refractivity contribution >= 4 is 0 Å². The van der Waals surface area contributed by atoms with E-state index >= 15 is 0 Å². The smallest absolute Gasteiger partial charge is 0.0553 e. The topological polar surface area (TPSA) is 9.72 Å². The van der Waals surface area contributed by atoms with E-state index in [1.54, 1.807) is 0 Å². The summed E-state index contributed by atoms with van der Waals surface area (Å²) in [5.41, 5.74) is 1.27. The van der Waals surface area contributed by atoms with Gasteiger partial charge in [0.15, 0.2) is 0 Å². The molecule has 0 N–H and O–H groups in total. The van der Waals surface area contributed by atoms with Crippen LogP contribution in [0.25, 0.3) is 0 Å². The zero-order valence-electron chi connectivity index (χ0n) is 8.29. The summed E-state index contributed by atoms with van der Waals surface area (Å²) in [6.07, 6.45) is 2.93. The van der Waals surface area contributed by atoms with Crippen LogP contribution in [0, 0.1) is 0 Å². The summed E-state index contributed by atoms with van der Waals surface area (Å²) < 4.78 is 0. The molecule has 4 fully saturated rings. The highest BCUT2D eigenvalue weighted by atomic mass is 15.6. The molecule has 3 aliphatic heterocycles. The molecule has 0 aromatic carbocycles. The van der Waals surface area contributed by atoms with Gasteiger partial charge in [0.05, 0.1) is 18.9 Å². The van der Waals surface area contributed by atoms with Gasteiger partial charge in [-0.15, -0.1) is 0 Å². The normalized spacial score (nSPS) is 58.4. The summed E-state index contributed by atoms with van der Waals surface area (Å²) in [4.78, 5) is 8.05. The van der Waals surface area contributed by atoms with Crippen LogP contribution in [0.1, 0.15) is 19.8 Å². The maximum Gasteiger partial charge on any atom is 0.0553 e. The fourth-order valence-corrected chi connectivity index (χ4v) is 4.16. The standard InChI is InChI=1S/C10H17N3/c1-2-12-7-11-6-10(12)5-9(10)3-4-13(9)8-11/h2-8H2,1H3. The second-order valence-corrected chi connectivity index (χ2v) is 5.22. The summed E-state index contributed by atoms with van der Waals surface area (Å²) in [6.45, 7) is 8.75. The zero-order valence-corrected chi connectivity index (χ0v) is 8.29. The second-order valence-electron chi connectivity index (χ2n) is 5.22. The molecule has 4 rings (SSSR count). The fraction of sp³-hybridized carbons (Fsp3) is 1.00. The van der Waals surface area contributed by atoms with Crippen molar-refractivity contribution in [2.75, 3.05) is 33.0 Å². The van der Waals surface area contributed by atoms with E-state index in [9.17, 15) is 0 Å². The Bertz CT molecular complexity index is 279. The minimum Gasteiger partial charge on any atom is -0.283 e. The average molecular weight is 179 g/mol. The molecule has 1 aliphatic carbocycles. The minimum absolute atomic E-state index is 0.609. The van der Waals surface area contributed by atoms with Crippen molar-refractivity contribution in [3.8, 4) is 0 Å². The van der Waals surface area contributed by atoms with Crippen molar-refractivity contribution in [2.24, 2.45) is 0 Å². The van der Waals surface area contributed by atoms with Crippen molar-refractivity contribution in [1.29, 1.82) is 0 Å². The van der Waals surface area contributed by atoms with E-state index < -0.39 is 0 Å². The van der Waals surface area contributed by atoms with Crippen LogP contribution in [0.15, 0.2) is 0 Å². The quantitative estimate of drug-likeness (QED) is 0.567. The highest BCUT2D eigenvalue weighted by molar-refractivity contribution is 5.37. The first-order chi connectivity index (χ1) is 6.31.